The van der Waals surface area contributed by atoms with Crippen LogP contribution >= 0.6 is 7.82 Å². The summed E-state index contributed by atoms with van der Waals surface area (Å²) < 4.78 is 33.7. The molecule has 2 aliphatic rings. The second kappa shape index (κ2) is 9.47. The highest BCUT2D eigenvalue weighted by atomic mass is 31.2. The molecule has 8 heteroatoms. The maximum Gasteiger partial charge on any atom is 0.472 e. The van der Waals surface area contributed by atoms with Gasteiger partial charge in [-0.3, -0.25) is 9.05 Å². The molecule has 1 saturated heterocycles. The number of ether oxygens (including phenoxy) is 2. The number of rotatable bonds is 9. The molecule has 136 valence electrons. The van der Waals surface area contributed by atoms with Crippen LogP contribution in [0.2, 0.25) is 0 Å². The lowest BCUT2D eigenvalue weighted by atomic mass is 9.98. The van der Waals surface area contributed by atoms with Gasteiger partial charge < -0.3 is 18.9 Å². The fraction of sp³-hybridized carbons (Fsp3) is 1.00. The molecule has 0 aromatic rings. The van der Waals surface area contributed by atoms with Crippen LogP contribution in [0.15, 0.2) is 0 Å². The van der Waals surface area contributed by atoms with Gasteiger partial charge in [-0.1, -0.05) is 19.3 Å². The molecule has 0 aromatic carbocycles. The molecule has 0 bridgehead atoms. The van der Waals surface area contributed by atoms with Crippen molar-refractivity contribution < 1.29 is 32.5 Å². The van der Waals surface area contributed by atoms with Crippen molar-refractivity contribution in [2.24, 2.45) is 0 Å². The van der Waals surface area contributed by atoms with Gasteiger partial charge in [0.2, 0.25) is 0 Å². The Kier molecular flexibility index (Phi) is 7.95. The molecule has 1 aliphatic carbocycles. The summed E-state index contributed by atoms with van der Waals surface area (Å²) in [7, 11) is -1.88. The summed E-state index contributed by atoms with van der Waals surface area (Å²) >= 11 is 0. The smallest absolute Gasteiger partial charge is 0.376 e. The first-order chi connectivity index (χ1) is 11.0. The summed E-state index contributed by atoms with van der Waals surface area (Å²) in [4.78, 5) is 9.69. The zero-order chi connectivity index (χ0) is 16.6. The molecule has 1 N–H and O–H groups in total. The molecule has 1 saturated carbocycles. The average Bonchev–Trinajstić information content (AvgIpc) is 2.53. The van der Waals surface area contributed by atoms with E-state index in [4.69, 9.17) is 18.5 Å². The third kappa shape index (κ3) is 7.61. The van der Waals surface area contributed by atoms with Crippen molar-refractivity contribution in [3.63, 3.8) is 0 Å². The van der Waals surface area contributed by atoms with E-state index in [2.05, 4.69) is 7.05 Å². The van der Waals surface area contributed by atoms with Crippen LogP contribution in [0.25, 0.3) is 0 Å². The largest absolute Gasteiger partial charge is 0.472 e. The van der Waals surface area contributed by atoms with Crippen LogP contribution in [-0.4, -0.2) is 75.2 Å². The van der Waals surface area contributed by atoms with Crippen LogP contribution in [0.4, 0.5) is 0 Å². The van der Waals surface area contributed by atoms with Crippen molar-refractivity contribution >= 4 is 7.82 Å². The number of hydrogen-bond donors (Lipinski definition) is 1. The SMILES string of the molecule is C[N+]1(CCOP(=O)(O)OCCOC2CCCCC2)CCOCC1. The second-order valence-electron chi connectivity index (χ2n) is 6.67. The highest BCUT2D eigenvalue weighted by Gasteiger charge is 2.28. The Morgan fingerprint density at radius 3 is 2.43 bits per heavy atom. The van der Waals surface area contributed by atoms with E-state index in [1.54, 1.807) is 0 Å². The van der Waals surface area contributed by atoms with E-state index in [0.29, 0.717) is 13.2 Å². The van der Waals surface area contributed by atoms with Gasteiger partial charge in [-0.05, 0) is 12.8 Å². The van der Waals surface area contributed by atoms with Gasteiger partial charge in [-0.2, -0.15) is 0 Å². The molecule has 1 aliphatic heterocycles. The number of nitrogens with zero attached hydrogens (tertiary/aromatic N) is 1. The van der Waals surface area contributed by atoms with Gasteiger partial charge in [0.1, 0.15) is 26.2 Å². The highest BCUT2D eigenvalue weighted by Crippen LogP contribution is 2.42. The molecule has 1 atom stereocenters. The fourth-order valence-electron chi connectivity index (χ4n) is 3.02. The van der Waals surface area contributed by atoms with Crippen molar-refractivity contribution in [2.45, 2.75) is 38.2 Å². The van der Waals surface area contributed by atoms with Gasteiger partial charge in [0.15, 0.2) is 0 Å². The fourth-order valence-corrected chi connectivity index (χ4v) is 3.71. The van der Waals surface area contributed by atoms with Crippen LogP contribution < -0.4 is 0 Å². The molecule has 0 radical (unpaired) electrons. The van der Waals surface area contributed by atoms with E-state index in [9.17, 15) is 9.46 Å². The third-order valence-electron chi connectivity index (χ3n) is 4.68. The van der Waals surface area contributed by atoms with E-state index < -0.39 is 7.82 Å². The van der Waals surface area contributed by atoms with Gasteiger partial charge in [0.25, 0.3) is 0 Å². The van der Waals surface area contributed by atoms with Gasteiger partial charge in [-0.25, -0.2) is 4.57 Å². The molecule has 0 spiro atoms. The predicted molar refractivity (Wildman–Crippen MR) is 86.2 cm³/mol. The van der Waals surface area contributed by atoms with E-state index in [-0.39, 0.29) is 19.3 Å². The van der Waals surface area contributed by atoms with Crippen molar-refractivity contribution in [1.29, 1.82) is 0 Å². The summed E-state index contributed by atoms with van der Waals surface area (Å²) in [6.07, 6.45) is 6.11. The first kappa shape index (κ1) is 19.3. The normalized spacial score (nSPS) is 25.1. The Balaban J connectivity index is 1.55. The maximum atomic E-state index is 11.8. The number of likely N-dealkylation sites (N-methyl/N-ethyl adjacent to an activating group) is 1. The summed E-state index contributed by atoms with van der Waals surface area (Å²) in [5, 5.41) is 0. The third-order valence-corrected chi connectivity index (χ3v) is 5.70. The Morgan fingerprint density at radius 2 is 1.74 bits per heavy atom. The van der Waals surface area contributed by atoms with Crippen LogP contribution in [0.1, 0.15) is 32.1 Å². The number of quaternary nitrogens is 1. The van der Waals surface area contributed by atoms with Crippen molar-refractivity contribution in [2.75, 3.05) is 59.7 Å². The number of phosphoric ester groups is 1. The molecule has 2 fully saturated rings. The van der Waals surface area contributed by atoms with Crippen molar-refractivity contribution in [1.82, 2.24) is 0 Å². The first-order valence-corrected chi connectivity index (χ1v) is 10.1. The summed E-state index contributed by atoms with van der Waals surface area (Å²) in [5.41, 5.74) is 0. The molecular weight excluding hydrogens is 321 g/mol. The number of morpholine rings is 1. The average molecular weight is 352 g/mol. The van der Waals surface area contributed by atoms with Crippen LogP contribution in [0.3, 0.4) is 0 Å². The lowest BCUT2D eigenvalue weighted by molar-refractivity contribution is -0.916. The molecule has 23 heavy (non-hydrogen) atoms. The standard InChI is InChI=1S/C15H30NO6P/c1-16(7-10-19-11-8-16)9-12-21-23(17,18)22-14-13-20-15-5-3-2-4-6-15/h15H,2-14H2,1H3/p+1. The second-order valence-corrected chi connectivity index (χ2v) is 8.12. The summed E-state index contributed by atoms with van der Waals surface area (Å²) in [6, 6.07) is 0. The molecule has 0 amide bonds. The van der Waals surface area contributed by atoms with E-state index in [1.165, 1.54) is 19.3 Å². The highest BCUT2D eigenvalue weighted by molar-refractivity contribution is 7.47. The monoisotopic (exact) mass is 352 g/mol. The van der Waals surface area contributed by atoms with Crippen molar-refractivity contribution in [3.8, 4) is 0 Å². The Morgan fingerprint density at radius 1 is 1.09 bits per heavy atom. The van der Waals surface area contributed by atoms with E-state index in [1.807, 2.05) is 0 Å². The lowest BCUT2D eigenvalue weighted by Gasteiger charge is -2.37. The minimum atomic E-state index is -3.98. The van der Waals surface area contributed by atoms with Crippen LogP contribution in [-0.2, 0) is 23.1 Å². The minimum Gasteiger partial charge on any atom is -0.376 e. The lowest BCUT2D eigenvalue weighted by Crippen LogP contribution is -2.53. The Hall–Kier alpha value is -0.0100. The molecule has 2 rings (SSSR count). The zero-order valence-electron chi connectivity index (χ0n) is 14.2. The zero-order valence-corrected chi connectivity index (χ0v) is 15.0. The van der Waals surface area contributed by atoms with E-state index >= 15 is 0 Å². The van der Waals surface area contributed by atoms with Crippen molar-refractivity contribution in [3.05, 3.63) is 0 Å². The Bertz CT molecular complexity index is 382. The molecule has 7 nitrogen and oxygen atoms in total. The first-order valence-electron chi connectivity index (χ1n) is 8.64. The van der Waals surface area contributed by atoms with Gasteiger partial charge in [-0.15, -0.1) is 0 Å². The molecule has 1 unspecified atom stereocenters. The van der Waals surface area contributed by atoms with Gasteiger partial charge >= 0.3 is 7.82 Å². The minimum absolute atomic E-state index is 0.0875. The molecular formula is C15H31NO6P+. The van der Waals surface area contributed by atoms with Gasteiger partial charge in [0.05, 0.1) is 39.6 Å². The van der Waals surface area contributed by atoms with Crippen LogP contribution in [0, 0.1) is 0 Å². The number of hydrogen-bond acceptors (Lipinski definition) is 5. The Labute approximate surface area is 139 Å². The van der Waals surface area contributed by atoms with Crippen LogP contribution in [0.5, 0.6) is 0 Å². The van der Waals surface area contributed by atoms with E-state index in [0.717, 1.165) is 43.6 Å². The predicted octanol–water partition coefficient (Wildman–Crippen LogP) is 1.95. The topological polar surface area (TPSA) is 74.2 Å². The number of phosphoric acid groups is 1. The molecule has 1 heterocycles. The summed E-state index contributed by atoms with van der Waals surface area (Å²) in [5.74, 6) is 0. The summed E-state index contributed by atoms with van der Waals surface area (Å²) in [6.45, 7) is 4.55. The molecule has 0 aromatic heterocycles. The maximum absolute atomic E-state index is 11.8. The van der Waals surface area contributed by atoms with Gasteiger partial charge in [0, 0.05) is 0 Å². The quantitative estimate of drug-likeness (QED) is 0.388.